The highest BCUT2D eigenvalue weighted by Gasteiger charge is 2.23. The second kappa shape index (κ2) is 5.77. The molecule has 0 saturated carbocycles. The number of aliphatic imine (C=N–C) groups is 1. The van der Waals surface area contributed by atoms with Crippen molar-refractivity contribution in [3.8, 4) is 0 Å². The fourth-order valence-electron chi connectivity index (χ4n) is 3.10. The van der Waals surface area contributed by atoms with Crippen LogP contribution in [0.15, 0.2) is 11.2 Å². The van der Waals surface area contributed by atoms with Gasteiger partial charge in [0.1, 0.15) is 6.17 Å². The zero-order valence-corrected chi connectivity index (χ0v) is 13.6. The number of hydrogen-bond acceptors (Lipinski definition) is 7. The summed E-state index contributed by atoms with van der Waals surface area (Å²) in [7, 11) is 0. The number of nitrogens with zero attached hydrogens (tertiary/aromatic N) is 6. The summed E-state index contributed by atoms with van der Waals surface area (Å²) in [5, 5.41) is 4.59. The lowest BCUT2D eigenvalue weighted by molar-refractivity contribution is 0.482. The predicted molar refractivity (Wildman–Crippen MR) is 86.9 cm³/mol. The molecule has 0 bridgehead atoms. The Bertz CT molecular complexity index is 704. The van der Waals surface area contributed by atoms with Crippen molar-refractivity contribution in [2.75, 3.05) is 13.1 Å². The normalized spacial score (nSPS) is 21.0. The first-order valence-electron chi connectivity index (χ1n) is 8.23. The van der Waals surface area contributed by atoms with Gasteiger partial charge in [0.25, 0.3) is 0 Å². The van der Waals surface area contributed by atoms with Gasteiger partial charge in [-0.25, -0.2) is 19.9 Å². The maximum atomic E-state index is 4.72. The summed E-state index contributed by atoms with van der Waals surface area (Å²) < 4.78 is 1.87. The van der Waals surface area contributed by atoms with E-state index in [1.54, 1.807) is 0 Å². The Hall–Kier alpha value is -2.22. The average Bonchev–Trinajstić information content (AvgIpc) is 3.28. The molecule has 2 aliphatic rings. The van der Waals surface area contributed by atoms with Crippen LogP contribution in [0.2, 0.25) is 0 Å². The first-order chi connectivity index (χ1) is 11.2. The van der Waals surface area contributed by atoms with Crippen LogP contribution >= 0.6 is 0 Å². The molecule has 1 atom stereocenters. The van der Waals surface area contributed by atoms with Crippen molar-refractivity contribution in [3.63, 3.8) is 0 Å². The van der Waals surface area contributed by atoms with Gasteiger partial charge in [-0.15, -0.1) is 0 Å². The summed E-state index contributed by atoms with van der Waals surface area (Å²) in [6.45, 7) is 6.15. The minimum Gasteiger partial charge on any atom is -0.342 e. The fraction of sp³-hybridized carbons (Fsp3) is 0.600. The molecule has 2 N–H and O–H groups in total. The SMILES string of the molecule is Cc1ncc(C)n2nc(CCC3N=C(N4CCCC4)NN3)nc12. The molecular weight excluding hydrogens is 292 g/mol. The number of aromatic nitrogens is 4. The summed E-state index contributed by atoms with van der Waals surface area (Å²) in [5.74, 6) is 1.82. The highest BCUT2D eigenvalue weighted by Crippen LogP contribution is 2.13. The Labute approximate surface area is 135 Å². The van der Waals surface area contributed by atoms with Crippen molar-refractivity contribution in [3.05, 3.63) is 23.4 Å². The van der Waals surface area contributed by atoms with E-state index in [2.05, 4.69) is 30.8 Å². The molecular formula is C15H22N8. The molecule has 1 saturated heterocycles. The van der Waals surface area contributed by atoms with Crippen molar-refractivity contribution in [1.82, 2.24) is 35.3 Å². The second-order valence-corrected chi connectivity index (χ2v) is 6.22. The number of guanidine groups is 1. The van der Waals surface area contributed by atoms with Crippen LogP contribution in [0.3, 0.4) is 0 Å². The Kier molecular flexibility index (Phi) is 3.60. The molecule has 23 heavy (non-hydrogen) atoms. The second-order valence-electron chi connectivity index (χ2n) is 6.22. The van der Waals surface area contributed by atoms with E-state index >= 15 is 0 Å². The van der Waals surface area contributed by atoms with E-state index in [4.69, 9.17) is 4.99 Å². The van der Waals surface area contributed by atoms with Crippen molar-refractivity contribution in [2.45, 2.75) is 45.7 Å². The molecule has 0 aromatic carbocycles. The standard InChI is InChI=1S/C15H22N8/c1-10-9-16-11(2)14-17-13(21-23(10)14)6-5-12-18-15(20-19-12)22-7-3-4-8-22/h9,12,19H,3-8H2,1-2H3,(H,18,20). The van der Waals surface area contributed by atoms with E-state index in [0.29, 0.717) is 0 Å². The number of nitrogens with one attached hydrogen (secondary N) is 2. The third-order valence-electron chi connectivity index (χ3n) is 4.43. The third-order valence-corrected chi connectivity index (χ3v) is 4.43. The van der Waals surface area contributed by atoms with Gasteiger partial charge >= 0.3 is 0 Å². The third kappa shape index (κ3) is 2.74. The first kappa shape index (κ1) is 14.4. The zero-order valence-electron chi connectivity index (χ0n) is 13.6. The Morgan fingerprint density at radius 1 is 1.26 bits per heavy atom. The van der Waals surface area contributed by atoms with Gasteiger partial charge in [0.05, 0.1) is 11.4 Å². The zero-order chi connectivity index (χ0) is 15.8. The minimum absolute atomic E-state index is 0.0810. The van der Waals surface area contributed by atoms with Gasteiger partial charge in [-0.05, 0) is 33.1 Å². The molecule has 122 valence electrons. The van der Waals surface area contributed by atoms with Crippen molar-refractivity contribution in [2.24, 2.45) is 4.99 Å². The van der Waals surface area contributed by atoms with Crippen LogP contribution in [0.25, 0.3) is 5.65 Å². The van der Waals surface area contributed by atoms with Crippen LogP contribution in [-0.2, 0) is 6.42 Å². The molecule has 2 aromatic heterocycles. The first-order valence-corrected chi connectivity index (χ1v) is 8.23. The number of hydrogen-bond donors (Lipinski definition) is 2. The fourth-order valence-corrected chi connectivity index (χ4v) is 3.10. The van der Waals surface area contributed by atoms with Crippen molar-refractivity contribution in [1.29, 1.82) is 0 Å². The molecule has 4 rings (SSSR count). The number of fused-ring (bicyclic) bond motifs is 1. The topological polar surface area (TPSA) is 82.7 Å². The van der Waals surface area contributed by atoms with Crippen molar-refractivity contribution >= 4 is 11.6 Å². The van der Waals surface area contributed by atoms with Gasteiger partial charge in [0.15, 0.2) is 11.5 Å². The molecule has 8 nitrogen and oxygen atoms in total. The van der Waals surface area contributed by atoms with Crippen LogP contribution in [0.4, 0.5) is 0 Å². The lowest BCUT2D eigenvalue weighted by atomic mass is 10.2. The van der Waals surface area contributed by atoms with Crippen molar-refractivity contribution < 1.29 is 0 Å². The van der Waals surface area contributed by atoms with E-state index in [9.17, 15) is 0 Å². The van der Waals surface area contributed by atoms with Gasteiger partial charge in [-0.3, -0.25) is 10.4 Å². The largest absolute Gasteiger partial charge is 0.342 e. The summed E-state index contributed by atoms with van der Waals surface area (Å²) in [5.41, 5.74) is 9.19. The Balaban J connectivity index is 1.43. The quantitative estimate of drug-likeness (QED) is 0.861. The van der Waals surface area contributed by atoms with Gasteiger partial charge in [-0.1, -0.05) is 0 Å². The maximum Gasteiger partial charge on any atom is 0.210 e. The lowest BCUT2D eigenvalue weighted by Gasteiger charge is -2.15. The molecule has 0 aliphatic carbocycles. The molecule has 4 heterocycles. The van der Waals surface area contributed by atoms with Gasteiger partial charge in [-0.2, -0.15) is 5.10 Å². The van der Waals surface area contributed by atoms with Gasteiger partial charge in [0.2, 0.25) is 5.96 Å². The molecule has 0 spiro atoms. The smallest absolute Gasteiger partial charge is 0.210 e. The predicted octanol–water partition coefficient (Wildman–Crippen LogP) is 0.559. The summed E-state index contributed by atoms with van der Waals surface area (Å²) in [4.78, 5) is 16.0. The summed E-state index contributed by atoms with van der Waals surface area (Å²) in [6.07, 6.45) is 6.07. The number of aryl methyl sites for hydroxylation is 3. The van der Waals surface area contributed by atoms with Crippen LogP contribution < -0.4 is 10.9 Å². The van der Waals surface area contributed by atoms with Crippen LogP contribution in [0.5, 0.6) is 0 Å². The minimum atomic E-state index is 0.0810. The van der Waals surface area contributed by atoms with Gasteiger partial charge in [0, 0.05) is 25.7 Å². The highest BCUT2D eigenvalue weighted by molar-refractivity contribution is 5.81. The molecule has 0 radical (unpaired) electrons. The molecule has 1 fully saturated rings. The molecule has 0 amide bonds. The number of rotatable bonds is 3. The Morgan fingerprint density at radius 3 is 2.87 bits per heavy atom. The lowest BCUT2D eigenvalue weighted by Crippen LogP contribution is -2.42. The van der Waals surface area contributed by atoms with E-state index < -0.39 is 0 Å². The van der Waals surface area contributed by atoms with Crippen LogP contribution in [0.1, 0.15) is 36.5 Å². The van der Waals surface area contributed by atoms with E-state index in [-0.39, 0.29) is 6.17 Å². The number of likely N-dealkylation sites (tertiary alicyclic amines) is 1. The maximum absolute atomic E-state index is 4.72. The molecule has 2 aromatic rings. The van der Waals surface area contributed by atoms with E-state index in [1.807, 2.05) is 24.6 Å². The molecule has 1 unspecified atom stereocenters. The summed E-state index contributed by atoms with van der Waals surface area (Å²) >= 11 is 0. The summed E-state index contributed by atoms with van der Waals surface area (Å²) in [6, 6.07) is 0. The highest BCUT2D eigenvalue weighted by atomic mass is 15.6. The van der Waals surface area contributed by atoms with Crippen LogP contribution in [0, 0.1) is 13.8 Å². The monoisotopic (exact) mass is 314 g/mol. The van der Waals surface area contributed by atoms with E-state index in [1.165, 1.54) is 12.8 Å². The van der Waals surface area contributed by atoms with Crippen LogP contribution in [-0.4, -0.2) is 49.7 Å². The Morgan fingerprint density at radius 2 is 2.09 bits per heavy atom. The van der Waals surface area contributed by atoms with Gasteiger partial charge < -0.3 is 4.90 Å². The molecule has 8 heteroatoms. The average molecular weight is 314 g/mol. The van der Waals surface area contributed by atoms with E-state index in [0.717, 1.165) is 54.8 Å². The molecule has 2 aliphatic heterocycles. The number of hydrazine groups is 1.